The molecule has 1 aromatic heterocycles. The first kappa shape index (κ1) is 6.76. The zero-order valence-electron chi connectivity index (χ0n) is 16.2. The van der Waals surface area contributed by atoms with E-state index in [2.05, 4.69) is 9.72 Å². The molecule has 0 aliphatic carbocycles. The Kier molecular flexibility index (Phi) is 1.59. The molecule has 4 nitrogen and oxygen atoms in total. The number of rotatable bonds is 2. The zero-order valence-corrected chi connectivity index (χ0v) is 10.2. The van der Waals surface area contributed by atoms with E-state index >= 15 is 0 Å². The lowest BCUT2D eigenvalue weighted by molar-refractivity contribution is 0.00578. The monoisotopic (exact) mass is 241 g/mol. The molecule has 0 N–H and O–H groups in total. The standard InChI is InChI=1S/C12H18BNO3/c1-11(2)12(3,4)17-13(16-11)9-7-6-8-10(14-9)15-5/h6-8H,1-5H3/i5D3,6D,7D,8D. The number of hydrogen-bond acceptors (Lipinski definition) is 4. The van der Waals surface area contributed by atoms with E-state index < -0.39 is 43.3 Å². The van der Waals surface area contributed by atoms with Crippen LogP contribution in [0.5, 0.6) is 5.88 Å². The molecule has 2 rings (SSSR count). The van der Waals surface area contributed by atoms with Crippen molar-refractivity contribution in [1.82, 2.24) is 4.98 Å². The maximum atomic E-state index is 7.96. The van der Waals surface area contributed by atoms with Crippen LogP contribution in [0.4, 0.5) is 0 Å². The predicted octanol–water partition coefficient (Wildman–Crippen LogP) is 1.39. The minimum Gasteiger partial charge on any atom is -0.481 e. The van der Waals surface area contributed by atoms with Crippen LogP contribution in [0.3, 0.4) is 0 Å². The Hall–Kier alpha value is -1.07. The van der Waals surface area contributed by atoms with Crippen LogP contribution in [-0.4, -0.2) is 30.3 Å². The van der Waals surface area contributed by atoms with Gasteiger partial charge in [-0.15, -0.1) is 0 Å². The summed E-state index contributed by atoms with van der Waals surface area (Å²) in [6.45, 7) is 7.27. The molecule has 0 atom stereocenters. The average molecular weight is 241 g/mol. The first-order valence-corrected chi connectivity index (χ1v) is 5.27. The Morgan fingerprint density at radius 1 is 1.29 bits per heavy atom. The van der Waals surface area contributed by atoms with Gasteiger partial charge < -0.3 is 14.0 Å². The average Bonchev–Trinajstić information content (AvgIpc) is 2.57. The molecule has 1 saturated heterocycles. The second kappa shape index (κ2) is 4.00. The molecule has 0 bridgehead atoms. The molecule has 0 amide bonds. The van der Waals surface area contributed by atoms with Gasteiger partial charge in [0.2, 0.25) is 5.88 Å². The van der Waals surface area contributed by atoms with Crippen molar-refractivity contribution in [3.05, 3.63) is 18.1 Å². The summed E-state index contributed by atoms with van der Waals surface area (Å²) in [6, 6.07) is -1.42. The molecule has 1 aliphatic heterocycles. The number of nitrogens with zero attached hydrogens (tertiary/aromatic N) is 1. The van der Waals surface area contributed by atoms with Gasteiger partial charge in [0.05, 0.1) is 32.1 Å². The van der Waals surface area contributed by atoms with Gasteiger partial charge in [0.25, 0.3) is 0 Å². The summed E-state index contributed by atoms with van der Waals surface area (Å²) >= 11 is 0. The van der Waals surface area contributed by atoms with Crippen LogP contribution < -0.4 is 10.3 Å². The highest BCUT2D eigenvalue weighted by Gasteiger charge is 2.52. The van der Waals surface area contributed by atoms with Crippen molar-refractivity contribution in [2.24, 2.45) is 0 Å². The molecule has 0 spiro atoms. The van der Waals surface area contributed by atoms with Crippen molar-refractivity contribution in [3.8, 4) is 5.88 Å². The summed E-state index contributed by atoms with van der Waals surface area (Å²) in [5.41, 5.74) is -1.44. The Labute approximate surface area is 111 Å². The lowest BCUT2D eigenvalue weighted by Gasteiger charge is -2.32. The summed E-state index contributed by atoms with van der Waals surface area (Å²) in [5.74, 6) is -0.546. The normalized spacial score (nSPS) is 27.4. The number of methoxy groups -OCH3 is 1. The van der Waals surface area contributed by atoms with Gasteiger partial charge in [-0.2, -0.15) is 0 Å². The fraction of sp³-hybridized carbons (Fsp3) is 0.583. The molecule has 1 fully saturated rings. The molecule has 1 aliphatic rings. The molecule has 0 unspecified atom stereocenters. The SMILES string of the molecule is [2H]c1c(OC([2H])([2H])[2H])nc(B2OC(C)(C)C(C)(C)O2)c([2H])c1[2H]. The number of aromatic nitrogens is 1. The third-order valence-corrected chi connectivity index (χ3v) is 3.16. The van der Waals surface area contributed by atoms with Crippen LogP contribution in [0.2, 0.25) is 0 Å². The largest absolute Gasteiger partial charge is 0.514 e. The van der Waals surface area contributed by atoms with Crippen LogP contribution in [0.1, 0.15) is 35.9 Å². The number of ether oxygens (including phenoxy) is 1. The maximum Gasteiger partial charge on any atom is 0.514 e. The number of pyridine rings is 1. The van der Waals surface area contributed by atoms with Gasteiger partial charge >= 0.3 is 7.12 Å². The number of hydrogen-bond donors (Lipinski definition) is 0. The molecule has 17 heavy (non-hydrogen) atoms. The molecule has 2 heterocycles. The summed E-state index contributed by atoms with van der Waals surface area (Å²) in [5, 5.41) is 0. The van der Waals surface area contributed by atoms with Crippen molar-refractivity contribution in [1.29, 1.82) is 0 Å². The second-order valence-electron chi connectivity index (χ2n) is 4.87. The summed E-state index contributed by atoms with van der Waals surface area (Å²) < 4.78 is 61.0. The van der Waals surface area contributed by atoms with Crippen molar-refractivity contribution in [2.75, 3.05) is 7.04 Å². The molecule has 0 saturated carbocycles. The first-order chi connectivity index (χ1) is 10.3. The third-order valence-electron chi connectivity index (χ3n) is 3.16. The first-order valence-electron chi connectivity index (χ1n) is 8.27. The smallest absolute Gasteiger partial charge is 0.481 e. The van der Waals surface area contributed by atoms with Crippen LogP contribution in [0.25, 0.3) is 0 Å². The van der Waals surface area contributed by atoms with E-state index in [-0.39, 0.29) is 11.6 Å². The Morgan fingerprint density at radius 2 is 1.94 bits per heavy atom. The highest BCUT2D eigenvalue weighted by atomic mass is 16.7. The Morgan fingerprint density at radius 3 is 2.53 bits per heavy atom. The van der Waals surface area contributed by atoms with Crippen LogP contribution in [-0.2, 0) is 9.31 Å². The van der Waals surface area contributed by atoms with E-state index in [4.69, 9.17) is 17.5 Å². The predicted molar refractivity (Wildman–Crippen MR) is 66.5 cm³/mol. The molecule has 1 aromatic rings. The molecule has 5 heteroatoms. The summed E-state index contributed by atoms with van der Waals surface area (Å²) in [4.78, 5) is 3.90. The topological polar surface area (TPSA) is 40.6 Å². The molecule has 0 radical (unpaired) electrons. The zero-order chi connectivity index (χ0) is 17.8. The summed E-state index contributed by atoms with van der Waals surface area (Å²) in [7, 11) is -3.86. The summed E-state index contributed by atoms with van der Waals surface area (Å²) in [6.07, 6.45) is 0. The van der Waals surface area contributed by atoms with E-state index in [1.807, 2.05) is 27.7 Å². The highest BCUT2D eigenvalue weighted by molar-refractivity contribution is 6.61. The maximum absolute atomic E-state index is 7.96. The van der Waals surface area contributed by atoms with Crippen molar-refractivity contribution in [2.45, 2.75) is 38.9 Å². The van der Waals surface area contributed by atoms with E-state index in [1.165, 1.54) is 0 Å². The van der Waals surface area contributed by atoms with Crippen molar-refractivity contribution < 1.29 is 22.3 Å². The molecular formula is C12H18BNO3. The van der Waals surface area contributed by atoms with E-state index in [1.54, 1.807) is 0 Å². The van der Waals surface area contributed by atoms with Gasteiger partial charge in [0, 0.05) is 6.04 Å². The van der Waals surface area contributed by atoms with E-state index in [9.17, 15) is 0 Å². The van der Waals surface area contributed by atoms with Gasteiger partial charge in [-0.05, 0) is 33.7 Å². The minimum absolute atomic E-state index is 0.0797. The molecule has 92 valence electrons. The second-order valence-corrected chi connectivity index (χ2v) is 4.87. The molecular weight excluding hydrogens is 217 g/mol. The van der Waals surface area contributed by atoms with Crippen LogP contribution in [0, 0.1) is 0 Å². The van der Waals surface area contributed by atoms with Gasteiger partial charge in [-0.25, -0.2) is 4.98 Å². The van der Waals surface area contributed by atoms with Gasteiger partial charge in [-0.3, -0.25) is 0 Å². The van der Waals surface area contributed by atoms with Crippen LogP contribution >= 0.6 is 0 Å². The molecule has 0 aromatic carbocycles. The van der Waals surface area contributed by atoms with Gasteiger partial charge in [0.15, 0.2) is 0 Å². The van der Waals surface area contributed by atoms with Crippen LogP contribution in [0.15, 0.2) is 18.1 Å². The van der Waals surface area contributed by atoms with E-state index in [0.717, 1.165) is 0 Å². The Bertz CT molecular complexity index is 618. The highest BCUT2D eigenvalue weighted by Crippen LogP contribution is 2.36. The van der Waals surface area contributed by atoms with Crippen molar-refractivity contribution in [3.63, 3.8) is 0 Å². The lowest BCUT2D eigenvalue weighted by Crippen LogP contribution is -2.41. The van der Waals surface area contributed by atoms with Gasteiger partial charge in [-0.1, -0.05) is 6.04 Å². The van der Waals surface area contributed by atoms with Crippen molar-refractivity contribution >= 4 is 12.7 Å². The van der Waals surface area contributed by atoms with E-state index in [0.29, 0.717) is 0 Å². The lowest BCUT2D eigenvalue weighted by atomic mass is 9.84. The fourth-order valence-electron chi connectivity index (χ4n) is 1.43. The third kappa shape index (κ3) is 2.17. The quantitative estimate of drug-likeness (QED) is 0.733. The Balaban J connectivity index is 2.48. The fourth-order valence-corrected chi connectivity index (χ4v) is 1.43. The minimum atomic E-state index is -2.81. The van der Waals surface area contributed by atoms with Gasteiger partial charge in [0.1, 0.15) is 0 Å².